The molecule has 4 rings (SSSR count). The van der Waals surface area contributed by atoms with Crippen molar-refractivity contribution in [3.8, 4) is 17.2 Å². The number of fused-ring (bicyclic) bond motifs is 1. The molecule has 4 aromatic rings. The summed E-state index contributed by atoms with van der Waals surface area (Å²) < 4.78 is 11.1. The van der Waals surface area contributed by atoms with E-state index in [1.165, 1.54) is 11.3 Å². The molecule has 28 heavy (non-hydrogen) atoms. The van der Waals surface area contributed by atoms with Crippen molar-refractivity contribution in [2.24, 2.45) is 0 Å². The number of hydrogen-bond acceptors (Lipinski definition) is 6. The van der Waals surface area contributed by atoms with Crippen LogP contribution in [0.3, 0.4) is 0 Å². The average molecular weight is 411 g/mol. The highest BCUT2D eigenvalue weighted by Crippen LogP contribution is 2.32. The highest BCUT2D eigenvalue weighted by molar-refractivity contribution is 7.99. The third-order valence-corrected chi connectivity index (χ3v) is 5.78. The van der Waals surface area contributed by atoms with Crippen LogP contribution in [0, 0.1) is 0 Å². The molecular weight excluding hydrogens is 392 g/mol. The fourth-order valence-corrected chi connectivity index (χ4v) is 4.11. The normalized spacial score (nSPS) is 10.9. The zero-order chi connectivity index (χ0) is 19.5. The summed E-state index contributed by atoms with van der Waals surface area (Å²) in [7, 11) is 1.63. The number of aromatic nitrogens is 1. The van der Waals surface area contributed by atoms with Crippen LogP contribution in [0.1, 0.15) is 17.3 Å². The van der Waals surface area contributed by atoms with Gasteiger partial charge in [0.1, 0.15) is 17.0 Å². The second kappa shape index (κ2) is 8.08. The van der Waals surface area contributed by atoms with Crippen LogP contribution < -0.4 is 10.1 Å². The van der Waals surface area contributed by atoms with Crippen LogP contribution in [0.15, 0.2) is 63.2 Å². The summed E-state index contributed by atoms with van der Waals surface area (Å²) in [5.74, 6) is 2.25. The first-order chi connectivity index (χ1) is 13.7. The molecule has 0 aliphatic carbocycles. The van der Waals surface area contributed by atoms with Crippen LogP contribution >= 0.6 is 23.1 Å². The second-order valence-electron chi connectivity index (χ2n) is 5.96. The number of amides is 1. The lowest BCUT2D eigenvalue weighted by Crippen LogP contribution is -2.11. The van der Waals surface area contributed by atoms with Crippen molar-refractivity contribution in [1.29, 1.82) is 0 Å². The molecule has 0 radical (unpaired) electrons. The Bertz CT molecular complexity index is 1120. The van der Waals surface area contributed by atoms with E-state index in [0.717, 1.165) is 27.4 Å². The maximum absolute atomic E-state index is 12.5. The quantitative estimate of drug-likeness (QED) is 0.399. The number of benzene rings is 2. The van der Waals surface area contributed by atoms with Gasteiger partial charge in [-0.05, 0) is 54.3 Å². The van der Waals surface area contributed by atoms with Gasteiger partial charge in [-0.3, -0.25) is 10.1 Å². The Labute approximate surface area is 170 Å². The summed E-state index contributed by atoms with van der Waals surface area (Å²) >= 11 is 3.11. The highest BCUT2D eigenvalue weighted by Gasteiger charge is 2.13. The number of thioether (sulfide) groups is 1. The third-order valence-electron chi connectivity index (χ3n) is 4.13. The fraction of sp³-hybridized carbons (Fsp3) is 0.143. The van der Waals surface area contributed by atoms with Crippen LogP contribution in [-0.2, 0) is 0 Å². The van der Waals surface area contributed by atoms with Crippen LogP contribution in [0.5, 0.6) is 5.75 Å². The molecule has 0 spiro atoms. The van der Waals surface area contributed by atoms with E-state index in [2.05, 4.69) is 17.2 Å². The van der Waals surface area contributed by atoms with Crippen LogP contribution in [0.2, 0.25) is 0 Å². The van der Waals surface area contributed by atoms with E-state index in [-0.39, 0.29) is 5.91 Å². The van der Waals surface area contributed by atoms with Crippen molar-refractivity contribution in [3.63, 3.8) is 0 Å². The number of carbonyl (C=O) groups excluding carboxylic acids is 1. The number of furan rings is 1. The predicted octanol–water partition coefficient (Wildman–Crippen LogP) is 5.93. The number of ether oxygens (including phenoxy) is 1. The van der Waals surface area contributed by atoms with Crippen LogP contribution in [0.4, 0.5) is 5.13 Å². The maximum Gasteiger partial charge on any atom is 0.257 e. The first kappa shape index (κ1) is 18.6. The van der Waals surface area contributed by atoms with Gasteiger partial charge >= 0.3 is 0 Å². The van der Waals surface area contributed by atoms with E-state index in [1.807, 2.05) is 53.9 Å². The van der Waals surface area contributed by atoms with E-state index in [4.69, 9.17) is 9.15 Å². The Hall–Kier alpha value is -2.77. The van der Waals surface area contributed by atoms with Crippen LogP contribution in [0.25, 0.3) is 22.4 Å². The predicted molar refractivity (Wildman–Crippen MR) is 115 cm³/mol. The van der Waals surface area contributed by atoms with Gasteiger partial charge in [-0.1, -0.05) is 6.92 Å². The van der Waals surface area contributed by atoms with Crippen LogP contribution in [-0.4, -0.2) is 23.8 Å². The average Bonchev–Trinajstić information content (AvgIpc) is 3.34. The standard InChI is InChI=1S/C21H18N2O3S2/c1-3-27-16-7-4-13(5-8-16)20(24)23-21-22-17(12-28-21)19-11-14-10-15(25-2)6-9-18(14)26-19/h4-12H,3H2,1-2H3,(H,22,23,24). The Kier molecular flexibility index (Phi) is 5.36. The van der Waals surface area contributed by atoms with Crippen molar-refractivity contribution in [2.75, 3.05) is 18.2 Å². The van der Waals surface area contributed by atoms with Gasteiger partial charge in [-0.15, -0.1) is 23.1 Å². The summed E-state index contributed by atoms with van der Waals surface area (Å²) in [4.78, 5) is 18.1. The molecule has 0 fully saturated rings. The van der Waals surface area contributed by atoms with E-state index in [9.17, 15) is 4.79 Å². The number of thiazole rings is 1. The largest absolute Gasteiger partial charge is 0.497 e. The molecule has 2 heterocycles. The van der Waals surface area contributed by atoms with Gasteiger partial charge in [-0.2, -0.15) is 0 Å². The number of nitrogens with one attached hydrogen (secondary N) is 1. The number of carbonyl (C=O) groups is 1. The molecule has 0 aliphatic heterocycles. The fourth-order valence-electron chi connectivity index (χ4n) is 2.76. The summed E-state index contributed by atoms with van der Waals surface area (Å²) in [5.41, 5.74) is 2.05. The molecule has 2 aromatic carbocycles. The van der Waals surface area contributed by atoms with Crippen molar-refractivity contribution in [1.82, 2.24) is 4.98 Å². The molecule has 2 aromatic heterocycles. The highest BCUT2D eigenvalue weighted by atomic mass is 32.2. The van der Waals surface area contributed by atoms with E-state index in [1.54, 1.807) is 18.9 Å². The van der Waals surface area contributed by atoms with Gasteiger partial charge < -0.3 is 9.15 Å². The molecule has 5 nitrogen and oxygen atoms in total. The maximum atomic E-state index is 12.5. The SMILES string of the molecule is CCSc1ccc(C(=O)Nc2nc(-c3cc4cc(OC)ccc4o3)cs2)cc1. The summed E-state index contributed by atoms with van der Waals surface area (Å²) in [6.45, 7) is 2.10. The number of rotatable bonds is 6. The monoisotopic (exact) mass is 410 g/mol. The molecule has 0 saturated carbocycles. The zero-order valence-electron chi connectivity index (χ0n) is 15.4. The van der Waals surface area contributed by atoms with Gasteiger partial charge in [0, 0.05) is 21.2 Å². The molecule has 0 bridgehead atoms. The van der Waals surface area contributed by atoms with Gasteiger partial charge in [0.25, 0.3) is 5.91 Å². The summed E-state index contributed by atoms with van der Waals surface area (Å²) in [6.07, 6.45) is 0. The molecule has 142 valence electrons. The number of hydrogen-bond donors (Lipinski definition) is 1. The molecule has 0 saturated heterocycles. The summed E-state index contributed by atoms with van der Waals surface area (Å²) in [5, 5.41) is 6.19. The summed E-state index contributed by atoms with van der Waals surface area (Å²) in [6, 6.07) is 15.1. The van der Waals surface area contributed by atoms with Gasteiger partial charge in [-0.25, -0.2) is 4.98 Å². The van der Waals surface area contributed by atoms with Crippen molar-refractivity contribution >= 4 is 45.1 Å². The second-order valence-corrected chi connectivity index (χ2v) is 8.16. The Balaban J connectivity index is 1.50. The minimum atomic E-state index is -0.178. The molecule has 1 amide bonds. The Morgan fingerprint density at radius 2 is 2.04 bits per heavy atom. The number of anilines is 1. The first-order valence-electron chi connectivity index (χ1n) is 8.74. The molecule has 0 aliphatic rings. The Morgan fingerprint density at radius 1 is 1.21 bits per heavy atom. The lowest BCUT2D eigenvalue weighted by Gasteiger charge is -2.03. The van der Waals surface area contributed by atoms with Crippen molar-refractivity contribution < 1.29 is 13.9 Å². The molecular formula is C21H18N2O3S2. The lowest BCUT2D eigenvalue weighted by molar-refractivity contribution is 0.102. The minimum absolute atomic E-state index is 0.178. The number of nitrogens with zero attached hydrogens (tertiary/aromatic N) is 1. The van der Waals surface area contributed by atoms with E-state index < -0.39 is 0 Å². The molecule has 0 atom stereocenters. The number of methoxy groups -OCH3 is 1. The van der Waals surface area contributed by atoms with Crippen molar-refractivity contribution in [3.05, 3.63) is 59.5 Å². The molecule has 1 N–H and O–H groups in total. The smallest absolute Gasteiger partial charge is 0.257 e. The van der Waals surface area contributed by atoms with Gasteiger partial charge in [0.15, 0.2) is 10.9 Å². The first-order valence-corrected chi connectivity index (χ1v) is 10.6. The van der Waals surface area contributed by atoms with E-state index >= 15 is 0 Å². The molecule has 0 unspecified atom stereocenters. The van der Waals surface area contributed by atoms with E-state index in [0.29, 0.717) is 22.1 Å². The lowest BCUT2D eigenvalue weighted by atomic mass is 10.2. The topological polar surface area (TPSA) is 64.4 Å². The molecule has 7 heteroatoms. The van der Waals surface area contributed by atoms with Gasteiger partial charge in [0.2, 0.25) is 0 Å². The Morgan fingerprint density at radius 3 is 2.79 bits per heavy atom. The van der Waals surface area contributed by atoms with Gasteiger partial charge in [0.05, 0.1) is 7.11 Å². The third kappa shape index (κ3) is 3.90. The minimum Gasteiger partial charge on any atom is -0.497 e. The zero-order valence-corrected chi connectivity index (χ0v) is 17.0. The van der Waals surface area contributed by atoms with Crippen molar-refractivity contribution in [2.45, 2.75) is 11.8 Å².